The van der Waals surface area contributed by atoms with Gasteiger partial charge in [-0.15, -0.1) is 0 Å². The normalized spacial score (nSPS) is 23.5. The van der Waals surface area contributed by atoms with Crippen molar-refractivity contribution in [2.45, 2.75) is 43.7 Å². The average molecular weight is 636 g/mol. The number of halogens is 1. The van der Waals surface area contributed by atoms with E-state index in [4.69, 9.17) is 35.9 Å². The maximum atomic E-state index is 14.0. The van der Waals surface area contributed by atoms with Gasteiger partial charge in [-0.3, -0.25) is 13.9 Å². The molecule has 228 valence electrons. The Labute approximate surface area is 249 Å². The first kappa shape index (κ1) is 31.9. The van der Waals surface area contributed by atoms with Crippen LogP contribution in [0.5, 0.6) is 5.75 Å². The molecule has 1 saturated heterocycles. The summed E-state index contributed by atoms with van der Waals surface area (Å²) < 4.78 is 36.8. The standard InChI is InChI=1S/C25H27ClN7O9P/c1-15(23(36)39-13-16-6-3-2-4-7-16)30-43(38,42-18-9-5-8-17(26)12-18)40-14-25(31-32-28)21(35)20(34)22(41-25)33-11-10-19(27)29-24(33)37/h2-12,15,20-22,34-35H,13-14H2,1H3,(H,30,38)(H2,27,29,37)/t15-,20+,21-,22+,25?,43?/m0/s1. The SMILES string of the molecule is C[C@H](NP(=O)(OCC1(N=[N+]=[N-])O[C@@H](n2ccc(N)nc2=O)[C@H](O)[C@@H]1O)Oc1cccc(Cl)c1)C(=O)OCc1ccccc1. The van der Waals surface area contributed by atoms with Crippen molar-refractivity contribution in [3.05, 3.63) is 98.4 Å². The summed E-state index contributed by atoms with van der Waals surface area (Å²) in [7, 11) is -4.60. The minimum absolute atomic E-state index is 0.0312. The van der Waals surface area contributed by atoms with Gasteiger partial charge < -0.3 is 29.9 Å². The monoisotopic (exact) mass is 635 g/mol. The van der Waals surface area contributed by atoms with Gasteiger partial charge in [0.1, 0.15) is 36.4 Å². The number of aromatic nitrogens is 2. The molecule has 6 atom stereocenters. The number of aliphatic hydroxyl groups is 2. The minimum atomic E-state index is -4.60. The number of benzene rings is 2. The van der Waals surface area contributed by atoms with Crippen molar-refractivity contribution in [3.8, 4) is 5.75 Å². The van der Waals surface area contributed by atoms with Crippen molar-refractivity contribution < 1.29 is 38.1 Å². The van der Waals surface area contributed by atoms with Crippen LogP contribution in [0.4, 0.5) is 5.82 Å². The van der Waals surface area contributed by atoms with Crippen molar-refractivity contribution in [3.63, 3.8) is 0 Å². The zero-order valence-corrected chi connectivity index (χ0v) is 24.1. The maximum absolute atomic E-state index is 14.0. The predicted molar refractivity (Wildman–Crippen MR) is 151 cm³/mol. The van der Waals surface area contributed by atoms with Crippen LogP contribution in [0.15, 0.2) is 76.8 Å². The fraction of sp³-hybridized carbons (Fsp3) is 0.320. The molecule has 0 aliphatic carbocycles. The summed E-state index contributed by atoms with van der Waals surface area (Å²) >= 11 is 6.02. The number of azide groups is 1. The van der Waals surface area contributed by atoms with Gasteiger partial charge in [0.25, 0.3) is 0 Å². The zero-order valence-electron chi connectivity index (χ0n) is 22.5. The van der Waals surface area contributed by atoms with E-state index in [2.05, 4.69) is 20.1 Å². The lowest BCUT2D eigenvalue weighted by molar-refractivity contribution is -0.146. The molecule has 1 fully saturated rings. The Balaban J connectivity index is 1.57. The molecule has 2 aromatic carbocycles. The molecule has 1 aliphatic rings. The smallest absolute Gasteiger partial charge is 0.459 e. The number of nitrogen functional groups attached to an aromatic ring is 1. The van der Waals surface area contributed by atoms with Gasteiger partial charge in [-0.05, 0) is 42.3 Å². The molecule has 0 amide bonds. The highest BCUT2D eigenvalue weighted by atomic mass is 35.5. The maximum Gasteiger partial charge on any atom is 0.459 e. The number of carbonyl (C=O) groups excluding carboxylic acids is 1. The number of carbonyl (C=O) groups is 1. The number of esters is 1. The number of aliphatic hydroxyl groups excluding tert-OH is 2. The molecule has 0 bridgehead atoms. The van der Waals surface area contributed by atoms with Crippen LogP contribution in [0.2, 0.25) is 5.02 Å². The lowest BCUT2D eigenvalue weighted by atomic mass is 10.1. The molecule has 2 heterocycles. The van der Waals surface area contributed by atoms with E-state index < -0.39 is 56.2 Å². The summed E-state index contributed by atoms with van der Waals surface area (Å²) in [5.74, 6) is -0.952. The zero-order chi connectivity index (χ0) is 31.2. The first-order chi connectivity index (χ1) is 20.4. The lowest BCUT2D eigenvalue weighted by Crippen LogP contribution is -2.45. The van der Waals surface area contributed by atoms with Gasteiger partial charge in [0, 0.05) is 16.1 Å². The van der Waals surface area contributed by atoms with Gasteiger partial charge in [0.05, 0.1) is 6.61 Å². The number of rotatable bonds is 12. The van der Waals surface area contributed by atoms with Crippen LogP contribution in [-0.4, -0.2) is 56.3 Å². The molecule has 1 aromatic heterocycles. The topological polar surface area (TPSA) is 233 Å². The Morgan fingerprint density at radius 2 is 2.05 bits per heavy atom. The Morgan fingerprint density at radius 1 is 1.30 bits per heavy atom. The average Bonchev–Trinajstić information content (AvgIpc) is 3.21. The second-order valence-electron chi connectivity index (χ2n) is 9.28. The van der Waals surface area contributed by atoms with Crippen LogP contribution in [0.3, 0.4) is 0 Å². The van der Waals surface area contributed by atoms with E-state index in [0.717, 1.165) is 10.8 Å². The highest BCUT2D eigenvalue weighted by Crippen LogP contribution is 2.48. The Kier molecular flexibility index (Phi) is 10.1. The van der Waals surface area contributed by atoms with Crippen LogP contribution >= 0.6 is 19.3 Å². The predicted octanol–water partition coefficient (Wildman–Crippen LogP) is 2.66. The first-order valence-electron chi connectivity index (χ1n) is 12.6. The minimum Gasteiger partial charge on any atom is -0.460 e. The highest BCUT2D eigenvalue weighted by molar-refractivity contribution is 7.52. The molecule has 1 aliphatic heterocycles. The molecule has 43 heavy (non-hydrogen) atoms. The van der Waals surface area contributed by atoms with Gasteiger partial charge in [-0.25, -0.2) is 9.36 Å². The van der Waals surface area contributed by atoms with Gasteiger partial charge in [-0.1, -0.05) is 53.1 Å². The van der Waals surface area contributed by atoms with E-state index in [1.807, 2.05) is 0 Å². The van der Waals surface area contributed by atoms with Crippen molar-refractivity contribution in [1.82, 2.24) is 14.6 Å². The number of nitrogens with zero attached hydrogens (tertiary/aromatic N) is 5. The van der Waals surface area contributed by atoms with Crippen molar-refractivity contribution in [2.75, 3.05) is 12.3 Å². The third-order valence-electron chi connectivity index (χ3n) is 6.13. The van der Waals surface area contributed by atoms with E-state index in [9.17, 15) is 29.9 Å². The Morgan fingerprint density at radius 3 is 2.72 bits per heavy atom. The number of ether oxygens (including phenoxy) is 2. The summed E-state index contributed by atoms with van der Waals surface area (Å²) in [4.78, 5) is 31.3. The Hall–Kier alpha value is -3.98. The summed E-state index contributed by atoms with van der Waals surface area (Å²) in [5.41, 5.74) is 12.1. The summed E-state index contributed by atoms with van der Waals surface area (Å²) in [6.07, 6.45) is -4.30. The molecule has 16 nitrogen and oxygen atoms in total. The quantitative estimate of drug-likeness (QED) is 0.0739. The van der Waals surface area contributed by atoms with E-state index in [0.29, 0.717) is 5.56 Å². The molecule has 0 saturated carbocycles. The number of hydrogen-bond donors (Lipinski definition) is 4. The molecule has 2 unspecified atom stereocenters. The van der Waals surface area contributed by atoms with Crippen molar-refractivity contribution in [1.29, 1.82) is 0 Å². The lowest BCUT2D eigenvalue weighted by Gasteiger charge is -2.29. The van der Waals surface area contributed by atoms with E-state index >= 15 is 0 Å². The van der Waals surface area contributed by atoms with Gasteiger partial charge in [0.2, 0.25) is 5.72 Å². The van der Waals surface area contributed by atoms with E-state index in [1.165, 1.54) is 37.3 Å². The van der Waals surface area contributed by atoms with Crippen LogP contribution in [0.25, 0.3) is 10.4 Å². The molecule has 0 spiro atoms. The second kappa shape index (κ2) is 13.5. The van der Waals surface area contributed by atoms with E-state index in [-0.39, 0.29) is 23.2 Å². The third kappa shape index (κ3) is 7.70. The van der Waals surface area contributed by atoms with Crippen LogP contribution in [0, 0.1) is 0 Å². The van der Waals surface area contributed by atoms with Crippen LogP contribution in [-0.2, 0) is 30.0 Å². The second-order valence-corrected chi connectivity index (χ2v) is 11.4. The molecule has 18 heteroatoms. The number of nitrogens with two attached hydrogens (primary N) is 1. The molecule has 4 rings (SSSR count). The van der Waals surface area contributed by atoms with Crippen molar-refractivity contribution in [2.24, 2.45) is 5.11 Å². The number of anilines is 1. The third-order valence-corrected chi connectivity index (χ3v) is 7.99. The Bertz CT molecular complexity index is 1610. The summed E-state index contributed by atoms with van der Waals surface area (Å²) in [5, 5.41) is 27.7. The number of hydrogen-bond acceptors (Lipinski definition) is 12. The molecule has 3 aromatic rings. The first-order valence-corrected chi connectivity index (χ1v) is 14.5. The van der Waals surface area contributed by atoms with Crippen LogP contribution in [0.1, 0.15) is 18.7 Å². The molecular weight excluding hydrogens is 609 g/mol. The van der Waals surface area contributed by atoms with Gasteiger partial charge >= 0.3 is 19.4 Å². The fourth-order valence-corrected chi connectivity index (χ4v) is 5.68. The van der Waals surface area contributed by atoms with Crippen molar-refractivity contribution >= 4 is 31.1 Å². The highest BCUT2D eigenvalue weighted by Gasteiger charge is 2.56. The van der Waals surface area contributed by atoms with Gasteiger partial charge in [-0.2, -0.15) is 10.1 Å². The largest absolute Gasteiger partial charge is 0.460 e. The summed E-state index contributed by atoms with van der Waals surface area (Å²) in [6, 6.07) is 14.6. The molecule has 0 radical (unpaired) electrons. The molecular formula is C25H27ClN7O9P. The van der Waals surface area contributed by atoms with Gasteiger partial charge in [0.15, 0.2) is 6.23 Å². The van der Waals surface area contributed by atoms with Crippen LogP contribution < -0.4 is 21.0 Å². The number of nitrogens with one attached hydrogen (secondary N) is 1. The van der Waals surface area contributed by atoms with E-state index in [1.54, 1.807) is 30.3 Å². The fourth-order valence-electron chi connectivity index (χ4n) is 3.99. The molecule has 5 N–H and O–H groups in total. The summed E-state index contributed by atoms with van der Waals surface area (Å²) in [6.45, 7) is 0.291.